The lowest BCUT2D eigenvalue weighted by molar-refractivity contribution is 0.511. The lowest BCUT2D eigenvalue weighted by Crippen LogP contribution is -1.94. The minimum absolute atomic E-state index is 0.350. The van der Waals surface area contributed by atoms with E-state index in [0.717, 1.165) is 16.5 Å². The van der Waals surface area contributed by atoms with Crippen molar-refractivity contribution in [2.24, 2.45) is 0 Å². The molecule has 0 aliphatic heterocycles. The van der Waals surface area contributed by atoms with E-state index in [2.05, 4.69) is 0 Å². The van der Waals surface area contributed by atoms with Crippen molar-refractivity contribution < 1.29 is 8.78 Å². The Labute approximate surface area is 87.5 Å². The van der Waals surface area contributed by atoms with Gasteiger partial charge in [0.2, 0.25) is 0 Å². The van der Waals surface area contributed by atoms with Crippen LogP contribution in [-0.4, -0.2) is 0 Å². The minimum atomic E-state index is -0.740. The summed E-state index contributed by atoms with van der Waals surface area (Å²) in [6, 6.07) is 5.43. The molecule has 78 valence electrons. The van der Waals surface area contributed by atoms with Gasteiger partial charge in [-0.2, -0.15) is 0 Å². The summed E-state index contributed by atoms with van der Waals surface area (Å²) >= 11 is 0. The minimum Gasteiger partial charge on any atom is -0.203 e. The molecule has 0 unspecified atom stereocenters. The maximum absolute atomic E-state index is 13.7. The summed E-state index contributed by atoms with van der Waals surface area (Å²) in [5.41, 5.74) is 2.14. The van der Waals surface area contributed by atoms with E-state index >= 15 is 0 Å². The Morgan fingerprint density at radius 2 is 1.53 bits per heavy atom. The van der Waals surface area contributed by atoms with Gasteiger partial charge in [-0.1, -0.05) is 12.1 Å². The van der Waals surface area contributed by atoms with Gasteiger partial charge < -0.3 is 0 Å². The highest BCUT2D eigenvalue weighted by atomic mass is 19.2. The second kappa shape index (κ2) is 3.30. The fourth-order valence-corrected chi connectivity index (χ4v) is 1.83. The standard InChI is InChI=1S/C13H12F2/c1-7-4-5-10-6-8(2)12(14)13(15)11(10)9(7)3/h4-6H,1-3H3. The number of hydrogen-bond acceptors (Lipinski definition) is 0. The summed E-state index contributed by atoms with van der Waals surface area (Å²) in [5.74, 6) is -1.47. The molecule has 0 aliphatic carbocycles. The van der Waals surface area contributed by atoms with Gasteiger partial charge in [-0.15, -0.1) is 0 Å². The molecule has 0 aromatic heterocycles. The lowest BCUT2D eigenvalue weighted by atomic mass is 9.98. The van der Waals surface area contributed by atoms with Gasteiger partial charge in [-0.3, -0.25) is 0 Å². The fraction of sp³-hybridized carbons (Fsp3) is 0.231. The van der Waals surface area contributed by atoms with E-state index in [4.69, 9.17) is 0 Å². The zero-order valence-corrected chi connectivity index (χ0v) is 8.99. The summed E-state index contributed by atoms with van der Waals surface area (Å²) in [6.07, 6.45) is 0. The van der Waals surface area contributed by atoms with Gasteiger partial charge in [0.25, 0.3) is 0 Å². The molecule has 0 bridgehead atoms. The molecule has 2 aromatic carbocycles. The van der Waals surface area contributed by atoms with Crippen molar-refractivity contribution in [2.75, 3.05) is 0 Å². The van der Waals surface area contributed by atoms with Crippen molar-refractivity contribution >= 4 is 10.8 Å². The van der Waals surface area contributed by atoms with Crippen molar-refractivity contribution in [3.05, 3.63) is 46.5 Å². The van der Waals surface area contributed by atoms with Crippen LogP contribution in [0.2, 0.25) is 0 Å². The largest absolute Gasteiger partial charge is 0.203 e. The van der Waals surface area contributed by atoms with Crippen molar-refractivity contribution in [3.8, 4) is 0 Å². The molecule has 2 rings (SSSR count). The fourth-order valence-electron chi connectivity index (χ4n) is 1.83. The molecule has 0 spiro atoms. The highest BCUT2D eigenvalue weighted by Crippen LogP contribution is 2.27. The molecule has 2 aromatic rings. The second-order valence-electron chi connectivity index (χ2n) is 3.93. The molecule has 0 saturated carbocycles. The third kappa shape index (κ3) is 1.41. The summed E-state index contributed by atoms with van der Waals surface area (Å²) in [6.45, 7) is 5.29. The third-order valence-corrected chi connectivity index (χ3v) is 2.90. The second-order valence-corrected chi connectivity index (χ2v) is 3.93. The molecule has 0 heterocycles. The number of aryl methyl sites for hydroxylation is 3. The van der Waals surface area contributed by atoms with Crippen LogP contribution < -0.4 is 0 Å². The zero-order chi connectivity index (χ0) is 11.2. The number of halogens is 2. The van der Waals surface area contributed by atoms with Crippen LogP contribution in [0.4, 0.5) is 8.78 Å². The molecule has 0 atom stereocenters. The molecule has 0 nitrogen and oxygen atoms in total. The van der Waals surface area contributed by atoms with Gasteiger partial charge in [0.05, 0.1) is 0 Å². The van der Waals surface area contributed by atoms with E-state index < -0.39 is 11.6 Å². The van der Waals surface area contributed by atoms with Gasteiger partial charge in [-0.05, 0) is 48.9 Å². The van der Waals surface area contributed by atoms with Crippen LogP contribution in [0.3, 0.4) is 0 Å². The first-order chi connectivity index (χ1) is 7.02. The zero-order valence-electron chi connectivity index (χ0n) is 8.99. The molecule has 2 heteroatoms. The van der Waals surface area contributed by atoms with Crippen molar-refractivity contribution in [1.29, 1.82) is 0 Å². The molecule has 0 radical (unpaired) electrons. The number of hydrogen-bond donors (Lipinski definition) is 0. The summed E-state index contributed by atoms with van der Waals surface area (Å²) < 4.78 is 27.1. The van der Waals surface area contributed by atoms with Crippen molar-refractivity contribution in [3.63, 3.8) is 0 Å². The van der Waals surface area contributed by atoms with Gasteiger partial charge >= 0.3 is 0 Å². The molecule has 0 saturated heterocycles. The maximum Gasteiger partial charge on any atom is 0.167 e. The van der Waals surface area contributed by atoms with Crippen LogP contribution in [-0.2, 0) is 0 Å². The van der Waals surface area contributed by atoms with Crippen LogP contribution in [0.1, 0.15) is 16.7 Å². The number of fused-ring (bicyclic) bond motifs is 1. The van der Waals surface area contributed by atoms with E-state index in [1.807, 2.05) is 26.0 Å². The molecule has 0 fully saturated rings. The SMILES string of the molecule is Cc1cc2ccc(C)c(C)c2c(F)c1F. The highest BCUT2D eigenvalue weighted by molar-refractivity contribution is 5.87. The first-order valence-corrected chi connectivity index (χ1v) is 4.87. The third-order valence-electron chi connectivity index (χ3n) is 2.90. The Balaban J connectivity index is 3.00. The van der Waals surface area contributed by atoms with E-state index in [1.165, 1.54) is 0 Å². The smallest absolute Gasteiger partial charge is 0.167 e. The quantitative estimate of drug-likeness (QED) is 0.610. The number of benzene rings is 2. The summed E-state index contributed by atoms with van der Waals surface area (Å²) in [5, 5.41) is 1.16. The van der Waals surface area contributed by atoms with Crippen molar-refractivity contribution in [1.82, 2.24) is 0 Å². The monoisotopic (exact) mass is 206 g/mol. The van der Waals surface area contributed by atoms with Crippen LogP contribution in [0.15, 0.2) is 18.2 Å². The van der Waals surface area contributed by atoms with Gasteiger partial charge in [-0.25, -0.2) is 8.78 Å². The Kier molecular flexibility index (Phi) is 2.22. The Morgan fingerprint density at radius 3 is 2.20 bits per heavy atom. The topological polar surface area (TPSA) is 0 Å². The summed E-state index contributed by atoms with van der Waals surface area (Å²) in [4.78, 5) is 0. The highest BCUT2D eigenvalue weighted by Gasteiger charge is 2.13. The first-order valence-electron chi connectivity index (χ1n) is 4.87. The van der Waals surface area contributed by atoms with Gasteiger partial charge in [0.1, 0.15) is 0 Å². The van der Waals surface area contributed by atoms with Crippen molar-refractivity contribution in [2.45, 2.75) is 20.8 Å². The molecular weight excluding hydrogens is 194 g/mol. The van der Waals surface area contributed by atoms with Crippen LogP contribution >= 0.6 is 0 Å². The predicted octanol–water partition coefficient (Wildman–Crippen LogP) is 4.04. The molecule has 0 aliphatic rings. The van der Waals surface area contributed by atoms with E-state index in [0.29, 0.717) is 10.9 Å². The Hall–Kier alpha value is -1.44. The Bertz CT molecular complexity index is 542. The van der Waals surface area contributed by atoms with E-state index in [-0.39, 0.29) is 0 Å². The Morgan fingerprint density at radius 1 is 0.867 bits per heavy atom. The maximum atomic E-state index is 13.7. The van der Waals surface area contributed by atoms with Gasteiger partial charge in [0.15, 0.2) is 11.6 Å². The number of rotatable bonds is 0. The van der Waals surface area contributed by atoms with E-state index in [1.54, 1.807) is 13.0 Å². The molecule has 0 N–H and O–H groups in total. The van der Waals surface area contributed by atoms with Gasteiger partial charge in [0, 0.05) is 5.39 Å². The van der Waals surface area contributed by atoms with Crippen LogP contribution in [0.25, 0.3) is 10.8 Å². The van der Waals surface area contributed by atoms with Crippen LogP contribution in [0, 0.1) is 32.4 Å². The average Bonchev–Trinajstić information content (AvgIpc) is 2.20. The lowest BCUT2D eigenvalue weighted by Gasteiger charge is -2.09. The summed E-state index contributed by atoms with van der Waals surface area (Å²) in [7, 11) is 0. The predicted molar refractivity (Wildman–Crippen MR) is 58.1 cm³/mol. The molecular formula is C13H12F2. The molecule has 15 heavy (non-hydrogen) atoms. The first kappa shape index (κ1) is 10.1. The average molecular weight is 206 g/mol. The van der Waals surface area contributed by atoms with Crippen LogP contribution in [0.5, 0.6) is 0 Å². The molecule has 0 amide bonds. The van der Waals surface area contributed by atoms with E-state index in [9.17, 15) is 8.78 Å². The normalized spacial score (nSPS) is 11.0.